The van der Waals surface area contributed by atoms with Crippen molar-refractivity contribution in [1.29, 1.82) is 0 Å². The van der Waals surface area contributed by atoms with Gasteiger partial charge in [-0.25, -0.2) is 9.59 Å². The molecule has 0 saturated heterocycles. The number of hydrogen-bond acceptors (Lipinski definition) is 6. The fourth-order valence-electron chi connectivity index (χ4n) is 4.71. The summed E-state index contributed by atoms with van der Waals surface area (Å²) in [5.41, 5.74) is 0.898. The first-order valence-corrected chi connectivity index (χ1v) is 14.5. The molecule has 9 heteroatoms. The molecule has 0 radical (unpaired) electrons. The first-order chi connectivity index (χ1) is 19.5. The second kappa shape index (κ2) is 13.4. The highest BCUT2D eigenvalue weighted by Gasteiger charge is 2.47. The summed E-state index contributed by atoms with van der Waals surface area (Å²) in [6.07, 6.45) is 0.215. The molecule has 9 nitrogen and oxygen atoms in total. The van der Waals surface area contributed by atoms with Crippen LogP contribution in [0.1, 0.15) is 77.6 Å². The van der Waals surface area contributed by atoms with E-state index in [2.05, 4.69) is 10.6 Å². The van der Waals surface area contributed by atoms with Crippen molar-refractivity contribution in [2.75, 3.05) is 6.54 Å². The van der Waals surface area contributed by atoms with E-state index < -0.39 is 47.2 Å². The molecule has 4 atom stereocenters. The molecule has 1 aliphatic rings. The molecule has 42 heavy (non-hydrogen) atoms. The molecule has 228 valence electrons. The summed E-state index contributed by atoms with van der Waals surface area (Å²) in [5.74, 6) is -1.32. The van der Waals surface area contributed by atoms with Gasteiger partial charge in [-0.3, -0.25) is 9.59 Å². The number of nitrogens with zero attached hydrogens (tertiary/aromatic N) is 1. The highest BCUT2D eigenvalue weighted by Crippen LogP contribution is 2.40. The summed E-state index contributed by atoms with van der Waals surface area (Å²) in [6.45, 7) is 14.1. The number of benzene rings is 2. The molecule has 4 unspecified atom stereocenters. The summed E-state index contributed by atoms with van der Waals surface area (Å²) in [6, 6.07) is 14.5. The summed E-state index contributed by atoms with van der Waals surface area (Å²) in [5, 5.41) is 5.45. The third-order valence-electron chi connectivity index (χ3n) is 6.67. The minimum Gasteiger partial charge on any atom is -0.458 e. The Bertz CT molecular complexity index is 1260. The van der Waals surface area contributed by atoms with Gasteiger partial charge in [0.1, 0.15) is 29.8 Å². The Kier molecular flexibility index (Phi) is 10.4. The molecule has 2 aromatic rings. The van der Waals surface area contributed by atoms with Crippen LogP contribution in [0.2, 0.25) is 0 Å². The van der Waals surface area contributed by atoms with Gasteiger partial charge in [0.05, 0.1) is 0 Å². The van der Waals surface area contributed by atoms with Gasteiger partial charge in [0, 0.05) is 12.5 Å². The average Bonchev–Trinajstić information content (AvgIpc) is 3.59. The van der Waals surface area contributed by atoms with E-state index in [1.54, 1.807) is 52.5 Å². The summed E-state index contributed by atoms with van der Waals surface area (Å²) < 4.78 is 11.0. The third kappa shape index (κ3) is 9.89. The molecule has 0 spiro atoms. The van der Waals surface area contributed by atoms with Crippen LogP contribution in [-0.4, -0.2) is 58.6 Å². The maximum Gasteiger partial charge on any atom is 0.408 e. The van der Waals surface area contributed by atoms with Crippen molar-refractivity contribution in [2.45, 2.75) is 97.6 Å². The van der Waals surface area contributed by atoms with Crippen LogP contribution in [0, 0.1) is 12.8 Å². The minimum atomic E-state index is -1.03. The van der Waals surface area contributed by atoms with Crippen LogP contribution in [0.5, 0.6) is 0 Å². The number of amides is 3. The number of rotatable bonds is 10. The van der Waals surface area contributed by atoms with Gasteiger partial charge in [-0.1, -0.05) is 67.1 Å². The zero-order valence-electron chi connectivity index (χ0n) is 26.0. The average molecular weight is 580 g/mol. The van der Waals surface area contributed by atoms with Gasteiger partial charge in [0.2, 0.25) is 11.8 Å². The van der Waals surface area contributed by atoms with Crippen LogP contribution < -0.4 is 10.6 Å². The molecular weight excluding hydrogens is 534 g/mol. The highest BCUT2D eigenvalue weighted by atomic mass is 16.6. The minimum absolute atomic E-state index is 0.168. The number of esters is 1. The first-order valence-electron chi connectivity index (χ1n) is 14.5. The van der Waals surface area contributed by atoms with E-state index in [9.17, 15) is 19.2 Å². The molecule has 1 aliphatic carbocycles. The van der Waals surface area contributed by atoms with Gasteiger partial charge in [-0.2, -0.15) is 0 Å². The van der Waals surface area contributed by atoms with E-state index in [0.29, 0.717) is 12.0 Å². The number of nitrogens with one attached hydrogen (secondary N) is 2. The predicted octanol–water partition coefficient (Wildman–Crippen LogP) is 4.87. The Balaban J connectivity index is 1.95. The highest BCUT2D eigenvalue weighted by molar-refractivity contribution is 5.93. The summed E-state index contributed by atoms with van der Waals surface area (Å²) in [4.78, 5) is 55.1. The number of ether oxygens (including phenoxy) is 2. The molecule has 1 fully saturated rings. The molecular formula is C33H45N3O6. The van der Waals surface area contributed by atoms with Crippen LogP contribution in [0.25, 0.3) is 0 Å². The number of alkyl carbamates (subject to hydrolysis) is 1. The molecule has 0 heterocycles. The van der Waals surface area contributed by atoms with Crippen molar-refractivity contribution in [3.05, 3.63) is 71.3 Å². The van der Waals surface area contributed by atoms with E-state index in [-0.39, 0.29) is 24.9 Å². The Morgan fingerprint density at radius 3 is 2.10 bits per heavy atom. The van der Waals surface area contributed by atoms with Gasteiger partial charge < -0.3 is 25.0 Å². The van der Waals surface area contributed by atoms with Crippen molar-refractivity contribution >= 4 is 23.9 Å². The molecule has 0 bridgehead atoms. The number of hydrogen-bond donors (Lipinski definition) is 2. The normalized spacial score (nSPS) is 17.8. The lowest BCUT2D eigenvalue weighted by atomic mass is 9.99. The number of carbonyl (C=O) groups excluding carboxylic acids is 4. The Labute approximate surface area is 249 Å². The fraction of sp³-hybridized carbons (Fsp3) is 0.515. The topological polar surface area (TPSA) is 114 Å². The lowest BCUT2D eigenvalue weighted by molar-refractivity contribution is -0.159. The molecule has 3 rings (SSSR count). The molecule has 2 aromatic carbocycles. The van der Waals surface area contributed by atoms with E-state index in [1.807, 2.05) is 62.4 Å². The number of aryl methyl sites for hydroxylation is 1. The van der Waals surface area contributed by atoms with Gasteiger partial charge in [-0.15, -0.1) is 0 Å². The molecule has 0 aliphatic heterocycles. The first kappa shape index (κ1) is 32.6. The van der Waals surface area contributed by atoms with Gasteiger partial charge in [0.25, 0.3) is 0 Å². The van der Waals surface area contributed by atoms with Crippen molar-refractivity contribution in [3.63, 3.8) is 0 Å². The van der Waals surface area contributed by atoms with E-state index in [1.165, 1.54) is 0 Å². The van der Waals surface area contributed by atoms with Crippen LogP contribution in [0.4, 0.5) is 4.79 Å². The lowest BCUT2D eigenvalue weighted by Gasteiger charge is -2.33. The zero-order chi connectivity index (χ0) is 31.2. The molecule has 1 saturated carbocycles. The van der Waals surface area contributed by atoms with Gasteiger partial charge in [-0.05, 0) is 71.9 Å². The predicted molar refractivity (Wildman–Crippen MR) is 160 cm³/mol. The second-order valence-corrected chi connectivity index (χ2v) is 13.0. The van der Waals surface area contributed by atoms with Crippen molar-refractivity contribution in [1.82, 2.24) is 15.5 Å². The monoisotopic (exact) mass is 579 g/mol. The SMILES string of the molecule is Cc1cccc(C(C(=O)NC(Cc2ccccc2)C(=O)OC(C)(C)C)N(C(=O)CNC(=O)OC(C)(C)C)C2CC2C)c1. The van der Waals surface area contributed by atoms with E-state index in [0.717, 1.165) is 11.1 Å². The van der Waals surface area contributed by atoms with Crippen molar-refractivity contribution in [2.24, 2.45) is 5.92 Å². The Morgan fingerprint density at radius 1 is 0.929 bits per heavy atom. The van der Waals surface area contributed by atoms with Crippen LogP contribution >= 0.6 is 0 Å². The van der Waals surface area contributed by atoms with Gasteiger partial charge in [0.15, 0.2) is 0 Å². The van der Waals surface area contributed by atoms with Crippen LogP contribution in [0.3, 0.4) is 0 Å². The van der Waals surface area contributed by atoms with Crippen molar-refractivity contribution < 1.29 is 28.7 Å². The lowest BCUT2D eigenvalue weighted by Crippen LogP contribution is -2.53. The number of carbonyl (C=O) groups is 4. The van der Waals surface area contributed by atoms with Gasteiger partial charge >= 0.3 is 12.1 Å². The maximum absolute atomic E-state index is 14.2. The van der Waals surface area contributed by atoms with Crippen LogP contribution in [0.15, 0.2) is 54.6 Å². The zero-order valence-corrected chi connectivity index (χ0v) is 26.0. The Morgan fingerprint density at radius 2 is 1.55 bits per heavy atom. The fourth-order valence-corrected chi connectivity index (χ4v) is 4.71. The van der Waals surface area contributed by atoms with Crippen molar-refractivity contribution in [3.8, 4) is 0 Å². The maximum atomic E-state index is 14.2. The standard InChI is InChI=1S/C33H45N3O6/c1-21-13-12-16-24(17-21)28(36(26-18-22(26)2)27(37)20-34-31(40)42-33(6,7)8)29(38)35-25(30(39)41-32(3,4)5)19-23-14-10-9-11-15-23/h9-17,22,25-26,28H,18-20H2,1-8H3,(H,34,40)(H,35,38). The smallest absolute Gasteiger partial charge is 0.408 e. The molecule has 3 amide bonds. The van der Waals surface area contributed by atoms with Crippen LogP contribution in [-0.2, 0) is 30.3 Å². The molecule has 2 N–H and O–H groups in total. The second-order valence-electron chi connectivity index (χ2n) is 13.0. The quantitative estimate of drug-likeness (QED) is 0.389. The van der Waals surface area contributed by atoms with E-state index in [4.69, 9.17) is 9.47 Å². The van der Waals surface area contributed by atoms with E-state index >= 15 is 0 Å². The third-order valence-corrected chi connectivity index (χ3v) is 6.67. The largest absolute Gasteiger partial charge is 0.458 e. The molecule has 0 aromatic heterocycles. The summed E-state index contributed by atoms with van der Waals surface area (Å²) >= 11 is 0. The summed E-state index contributed by atoms with van der Waals surface area (Å²) in [7, 11) is 0. The Hall–Kier alpha value is -3.88.